The Hall–Kier alpha value is -2.93. The molecular formula is C22H26FN9O9P2S. The van der Waals surface area contributed by atoms with Crippen molar-refractivity contribution in [1.29, 1.82) is 0 Å². The second-order valence-corrected chi connectivity index (χ2v) is 14.9. The number of anilines is 2. The first-order valence-corrected chi connectivity index (χ1v) is 17.5. The van der Waals surface area contributed by atoms with E-state index in [9.17, 15) is 18.8 Å². The smallest absolute Gasteiger partial charge is 0.397 e. The van der Waals surface area contributed by atoms with E-state index in [4.69, 9.17) is 34.3 Å². The Balaban J connectivity index is 1.15. The van der Waals surface area contributed by atoms with Crippen LogP contribution in [0.4, 0.5) is 16.0 Å². The molecule has 18 nitrogen and oxygen atoms in total. The molecule has 7 rings (SSSR count). The van der Waals surface area contributed by atoms with Gasteiger partial charge in [0.25, 0.3) is 5.56 Å². The molecule has 0 bridgehead atoms. The van der Waals surface area contributed by atoms with Crippen molar-refractivity contribution in [1.82, 2.24) is 34.1 Å². The molecule has 6 N–H and O–H groups in total. The number of nitrogens with two attached hydrogens (primary N) is 2. The molecule has 3 unspecified atom stereocenters. The van der Waals surface area contributed by atoms with E-state index in [1.165, 1.54) is 29.5 Å². The highest BCUT2D eigenvalue weighted by Gasteiger charge is 2.52. The number of phosphoric ester groups is 1. The molecule has 236 valence electrons. The third kappa shape index (κ3) is 5.33. The number of phosphoric acid groups is 1. The number of rotatable bonds is 2. The van der Waals surface area contributed by atoms with Gasteiger partial charge in [-0.15, -0.1) is 0 Å². The van der Waals surface area contributed by atoms with Crippen LogP contribution in [0.5, 0.6) is 0 Å². The summed E-state index contributed by atoms with van der Waals surface area (Å²) in [5, 5.41) is 0. The second kappa shape index (κ2) is 10.9. The highest BCUT2D eigenvalue weighted by atomic mass is 32.7. The lowest BCUT2D eigenvalue weighted by atomic mass is 10.1. The zero-order valence-electron chi connectivity index (χ0n) is 22.5. The van der Waals surface area contributed by atoms with E-state index in [0.717, 1.165) is 0 Å². The van der Waals surface area contributed by atoms with Gasteiger partial charge in [0.2, 0.25) is 5.95 Å². The fourth-order valence-electron chi connectivity index (χ4n) is 5.86. The van der Waals surface area contributed by atoms with Gasteiger partial charge in [-0.1, -0.05) is 12.2 Å². The van der Waals surface area contributed by atoms with Gasteiger partial charge in [0.1, 0.15) is 17.7 Å². The average molecular weight is 674 g/mol. The number of fused-ring (bicyclic) bond motifs is 4. The van der Waals surface area contributed by atoms with Crippen LogP contribution in [0, 0.1) is 5.92 Å². The summed E-state index contributed by atoms with van der Waals surface area (Å²) in [6.07, 6.45) is -2.82. The Morgan fingerprint density at radius 2 is 1.80 bits per heavy atom. The number of thiol groups is 1. The van der Waals surface area contributed by atoms with E-state index in [1.54, 1.807) is 4.57 Å². The van der Waals surface area contributed by atoms with Crippen molar-refractivity contribution < 1.29 is 41.2 Å². The second-order valence-electron chi connectivity index (χ2n) is 10.6. The van der Waals surface area contributed by atoms with Crippen LogP contribution in [0.2, 0.25) is 0 Å². The number of nitrogens with zero attached hydrogens (tertiary/aromatic N) is 6. The number of halogens is 1. The largest absolute Gasteiger partial charge is 0.472 e. The van der Waals surface area contributed by atoms with Gasteiger partial charge >= 0.3 is 14.6 Å². The van der Waals surface area contributed by atoms with Crippen molar-refractivity contribution in [2.75, 3.05) is 24.7 Å². The molecule has 6 heterocycles. The Labute approximate surface area is 251 Å². The van der Waals surface area contributed by atoms with Crippen LogP contribution in [-0.2, 0) is 32.0 Å². The van der Waals surface area contributed by atoms with Gasteiger partial charge in [0.05, 0.1) is 37.7 Å². The van der Waals surface area contributed by atoms with Crippen molar-refractivity contribution >= 4 is 60.8 Å². The molecule has 3 aliphatic rings. The minimum Gasteiger partial charge on any atom is -0.397 e. The summed E-state index contributed by atoms with van der Waals surface area (Å²) in [6.45, 7) is -5.10. The van der Waals surface area contributed by atoms with Crippen LogP contribution >= 0.6 is 26.9 Å². The summed E-state index contributed by atoms with van der Waals surface area (Å²) in [4.78, 5) is 41.9. The van der Waals surface area contributed by atoms with Crippen molar-refractivity contribution in [3.05, 3.63) is 35.3 Å². The summed E-state index contributed by atoms with van der Waals surface area (Å²) in [6, 6.07) is 1.11. The minimum atomic E-state index is -4.89. The van der Waals surface area contributed by atoms with Gasteiger partial charge in [0.15, 0.2) is 29.2 Å². The summed E-state index contributed by atoms with van der Waals surface area (Å²) in [5.41, 5.74) is 12.2. The summed E-state index contributed by atoms with van der Waals surface area (Å²) < 4.78 is 73.0. The maximum absolute atomic E-state index is 15.9. The number of imidazole rings is 2. The zero-order chi connectivity index (χ0) is 31.0. The normalized spacial score (nSPS) is 36.6. The van der Waals surface area contributed by atoms with Crippen LogP contribution in [0.1, 0.15) is 25.1 Å². The number of nitrogens with one attached hydrogen (secondary N) is 1. The van der Waals surface area contributed by atoms with E-state index in [2.05, 4.69) is 37.2 Å². The first-order valence-electron chi connectivity index (χ1n) is 13.3. The van der Waals surface area contributed by atoms with Crippen molar-refractivity contribution in [2.45, 2.75) is 49.6 Å². The molecule has 2 aliphatic heterocycles. The molecule has 4 aromatic heterocycles. The molecule has 2 saturated heterocycles. The number of hydrogen-bond acceptors (Lipinski definition) is 14. The van der Waals surface area contributed by atoms with E-state index >= 15 is 4.39 Å². The standard InChI is InChI=1S/C22H26FN9O9P2S/c23-14-17-13(39-21(14)32-8-27-15-11(24)1-2-26-18(15)32)6-38-43(36,44)40-12-4-10(3-9(12)5-37-42(34,35)41-17)31-7-28-16-19(31)29-22(25)30-20(16)33/h1-2,7-10,12-14,17,21H,3-6H2,(H2,24,26)(H,34,35)(H,36,44)(H3,25,29,30,33)/t9-,10-,12-,13-,14?,17+,21-,43?/m1/s1. The maximum atomic E-state index is 15.9. The van der Waals surface area contributed by atoms with Crippen molar-refractivity contribution in [3.8, 4) is 0 Å². The summed E-state index contributed by atoms with van der Waals surface area (Å²) in [7, 11) is -4.89. The van der Waals surface area contributed by atoms with Gasteiger partial charge in [-0.3, -0.25) is 32.4 Å². The number of pyridine rings is 1. The molecule has 4 aromatic rings. The molecule has 0 spiro atoms. The molecule has 1 aliphatic carbocycles. The lowest BCUT2D eigenvalue weighted by Gasteiger charge is -2.28. The van der Waals surface area contributed by atoms with Crippen LogP contribution in [0.3, 0.4) is 0 Å². The van der Waals surface area contributed by atoms with Gasteiger partial charge < -0.3 is 25.7 Å². The molecule has 0 amide bonds. The first-order chi connectivity index (χ1) is 20.9. The Morgan fingerprint density at radius 3 is 2.61 bits per heavy atom. The van der Waals surface area contributed by atoms with Crippen LogP contribution in [-0.4, -0.2) is 76.6 Å². The fraction of sp³-hybridized carbons (Fsp3) is 0.500. The van der Waals surface area contributed by atoms with Gasteiger partial charge in [-0.25, -0.2) is 28.5 Å². The lowest BCUT2D eigenvalue weighted by molar-refractivity contribution is -0.0467. The van der Waals surface area contributed by atoms with Crippen molar-refractivity contribution in [3.63, 3.8) is 0 Å². The number of hydrogen-bond donors (Lipinski definition) is 5. The van der Waals surface area contributed by atoms with Crippen LogP contribution in [0.15, 0.2) is 29.7 Å². The molecule has 0 aromatic carbocycles. The lowest BCUT2D eigenvalue weighted by Crippen LogP contribution is -2.34. The molecule has 9 atom stereocenters. The highest BCUT2D eigenvalue weighted by molar-refractivity contribution is 8.44. The quantitative estimate of drug-likeness (QED) is 0.151. The highest BCUT2D eigenvalue weighted by Crippen LogP contribution is 2.59. The molecule has 3 fully saturated rings. The predicted molar refractivity (Wildman–Crippen MR) is 153 cm³/mol. The summed E-state index contributed by atoms with van der Waals surface area (Å²) >= 11 is 4.12. The first kappa shape index (κ1) is 29.8. The number of ether oxygens (including phenoxy) is 1. The monoisotopic (exact) mass is 673 g/mol. The van der Waals surface area contributed by atoms with Crippen LogP contribution < -0.4 is 17.0 Å². The number of nitrogen functional groups attached to an aromatic ring is 2. The Morgan fingerprint density at radius 1 is 1.02 bits per heavy atom. The van der Waals surface area contributed by atoms with Gasteiger partial charge in [0, 0.05) is 18.2 Å². The fourth-order valence-corrected chi connectivity index (χ4v) is 8.42. The Bertz CT molecular complexity index is 1910. The molecule has 0 radical (unpaired) electrons. The molecule has 22 heteroatoms. The van der Waals surface area contributed by atoms with Gasteiger partial charge in [-0.05, 0) is 18.9 Å². The number of aromatic nitrogens is 7. The number of alkyl halides is 1. The average Bonchev–Trinajstić information content (AvgIpc) is 3.72. The molecule has 44 heavy (non-hydrogen) atoms. The molecular weight excluding hydrogens is 647 g/mol. The summed E-state index contributed by atoms with van der Waals surface area (Å²) in [5.74, 6) is -0.745. The third-order valence-corrected chi connectivity index (χ3v) is 10.5. The Kier molecular flexibility index (Phi) is 7.34. The third-order valence-electron chi connectivity index (χ3n) is 7.86. The van der Waals surface area contributed by atoms with E-state index < -0.39 is 76.1 Å². The SMILES string of the molecule is Nc1nc2c(ncn2[C@@H]2C[C@@H]3COP(=O)(O)O[C@@H]4C(F)[C@H](n5cnc6c(N)ccnc65)O[C@@H]4COP(=O)(S)O[C@@H]3C2)c(=O)[nH]1. The van der Waals surface area contributed by atoms with Crippen LogP contribution in [0.25, 0.3) is 22.3 Å². The number of aromatic amines is 1. The predicted octanol–water partition coefficient (Wildman–Crippen LogP) is 1.87. The van der Waals surface area contributed by atoms with E-state index in [1.807, 2.05) is 0 Å². The number of H-pyrrole nitrogens is 1. The van der Waals surface area contributed by atoms with Gasteiger partial charge in [-0.2, -0.15) is 4.98 Å². The molecule has 1 saturated carbocycles. The maximum Gasteiger partial charge on any atom is 0.472 e. The minimum absolute atomic E-state index is 0.0623. The van der Waals surface area contributed by atoms with E-state index in [0.29, 0.717) is 11.2 Å². The van der Waals surface area contributed by atoms with E-state index in [-0.39, 0.29) is 35.6 Å². The van der Waals surface area contributed by atoms with Crippen molar-refractivity contribution in [2.24, 2.45) is 5.92 Å². The zero-order valence-corrected chi connectivity index (χ0v) is 25.1. The topological polar surface area (TPSA) is 247 Å².